The Balaban J connectivity index is 1.65. The van der Waals surface area contributed by atoms with Gasteiger partial charge in [0.05, 0.1) is 0 Å². The predicted molar refractivity (Wildman–Crippen MR) is 102 cm³/mol. The van der Waals surface area contributed by atoms with Crippen molar-refractivity contribution in [2.24, 2.45) is 0 Å². The quantitative estimate of drug-likeness (QED) is 0.786. The second-order valence-electron chi connectivity index (χ2n) is 6.26. The maximum Gasteiger partial charge on any atom is 0.317 e. The molecule has 1 saturated heterocycles. The van der Waals surface area contributed by atoms with Crippen LogP contribution in [0.15, 0.2) is 54.6 Å². The van der Waals surface area contributed by atoms with Crippen LogP contribution < -0.4 is 10.6 Å². The summed E-state index contributed by atoms with van der Waals surface area (Å²) >= 11 is 6.38. The van der Waals surface area contributed by atoms with Gasteiger partial charge in [-0.25, -0.2) is 4.79 Å². The molecule has 2 aromatic carbocycles. The highest BCUT2D eigenvalue weighted by molar-refractivity contribution is 6.31. The molecule has 3 rings (SSSR count). The van der Waals surface area contributed by atoms with E-state index in [2.05, 4.69) is 10.6 Å². The normalized spacial score (nSPS) is 14.8. The fourth-order valence-electron chi connectivity index (χ4n) is 3.16. The molecule has 0 aliphatic carbocycles. The Kier molecular flexibility index (Phi) is 6.12. The molecule has 0 bridgehead atoms. The molecule has 1 atom stereocenters. The van der Waals surface area contributed by atoms with E-state index in [4.69, 9.17) is 11.6 Å². The third-order valence-electron chi connectivity index (χ3n) is 4.52. The highest BCUT2D eigenvalue weighted by atomic mass is 35.5. The van der Waals surface area contributed by atoms with E-state index in [1.165, 1.54) is 0 Å². The molecule has 26 heavy (non-hydrogen) atoms. The zero-order valence-corrected chi connectivity index (χ0v) is 15.2. The smallest absolute Gasteiger partial charge is 0.317 e. The summed E-state index contributed by atoms with van der Waals surface area (Å²) in [5.74, 6) is -0.168. The monoisotopic (exact) mass is 371 g/mol. The summed E-state index contributed by atoms with van der Waals surface area (Å²) in [5, 5.41) is 6.32. The van der Waals surface area contributed by atoms with Crippen LogP contribution in [0.25, 0.3) is 0 Å². The number of halogens is 1. The second-order valence-corrected chi connectivity index (χ2v) is 6.67. The molecule has 2 aromatic rings. The molecular formula is C20H22ClN3O2. The number of carbonyl (C=O) groups is 2. The Labute approximate surface area is 158 Å². The second kappa shape index (κ2) is 8.72. The molecule has 1 fully saturated rings. The SMILES string of the molecule is O=C(C[C@@H](c1ccccc1)c1ccccc1Cl)NCCN1CCNC1=O. The van der Waals surface area contributed by atoms with Crippen molar-refractivity contribution in [3.63, 3.8) is 0 Å². The summed E-state index contributed by atoms with van der Waals surface area (Å²) in [6.45, 7) is 2.30. The molecule has 0 spiro atoms. The number of amides is 3. The Hall–Kier alpha value is -2.53. The molecule has 0 saturated carbocycles. The van der Waals surface area contributed by atoms with E-state index in [1.807, 2.05) is 54.6 Å². The number of nitrogens with one attached hydrogen (secondary N) is 2. The summed E-state index contributed by atoms with van der Waals surface area (Å²) in [4.78, 5) is 25.7. The van der Waals surface area contributed by atoms with Crippen molar-refractivity contribution in [3.8, 4) is 0 Å². The van der Waals surface area contributed by atoms with Crippen molar-refractivity contribution >= 4 is 23.5 Å². The average molecular weight is 372 g/mol. The molecule has 1 heterocycles. The summed E-state index contributed by atoms with van der Waals surface area (Å²) < 4.78 is 0. The topological polar surface area (TPSA) is 61.4 Å². The van der Waals surface area contributed by atoms with Crippen molar-refractivity contribution in [1.29, 1.82) is 0 Å². The maximum atomic E-state index is 12.5. The first-order valence-electron chi connectivity index (χ1n) is 8.74. The number of nitrogens with zero attached hydrogens (tertiary/aromatic N) is 1. The fourth-order valence-corrected chi connectivity index (χ4v) is 3.43. The van der Waals surface area contributed by atoms with Crippen LogP contribution in [0, 0.1) is 0 Å². The van der Waals surface area contributed by atoms with Gasteiger partial charge < -0.3 is 15.5 Å². The minimum Gasteiger partial charge on any atom is -0.354 e. The van der Waals surface area contributed by atoms with Crippen LogP contribution in [0.1, 0.15) is 23.5 Å². The van der Waals surface area contributed by atoms with Gasteiger partial charge in [-0.15, -0.1) is 0 Å². The van der Waals surface area contributed by atoms with Crippen LogP contribution in [0.4, 0.5) is 4.79 Å². The molecular weight excluding hydrogens is 350 g/mol. The third kappa shape index (κ3) is 4.55. The van der Waals surface area contributed by atoms with E-state index < -0.39 is 0 Å². The van der Waals surface area contributed by atoms with E-state index in [1.54, 1.807) is 4.90 Å². The van der Waals surface area contributed by atoms with Crippen molar-refractivity contribution in [1.82, 2.24) is 15.5 Å². The third-order valence-corrected chi connectivity index (χ3v) is 4.87. The van der Waals surface area contributed by atoms with Crippen molar-refractivity contribution in [2.75, 3.05) is 26.2 Å². The highest BCUT2D eigenvalue weighted by Gasteiger charge is 2.21. The lowest BCUT2D eigenvalue weighted by Crippen LogP contribution is -2.37. The van der Waals surface area contributed by atoms with Crippen LogP contribution in [0.2, 0.25) is 5.02 Å². The molecule has 5 nitrogen and oxygen atoms in total. The van der Waals surface area contributed by atoms with Gasteiger partial charge in [-0.2, -0.15) is 0 Å². The van der Waals surface area contributed by atoms with E-state index in [0.29, 0.717) is 37.6 Å². The zero-order chi connectivity index (χ0) is 18.4. The minimum absolute atomic E-state index is 0.0571. The molecule has 2 N–H and O–H groups in total. The number of hydrogen-bond acceptors (Lipinski definition) is 2. The van der Waals surface area contributed by atoms with Gasteiger partial charge in [0.1, 0.15) is 0 Å². The molecule has 136 valence electrons. The standard InChI is InChI=1S/C20H22ClN3O2/c21-18-9-5-4-8-16(18)17(15-6-2-1-3-7-15)14-19(25)22-10-12-24-13-11-23-20(24)26/h1-9,17H,10-14H2,(H,22,25)(H,23,26)/t17-/m0/s1. The molecule has 1 aliphatic heterocycles. The van der Waals surface area contributed by atoms with E-state index >= 15 is 0 Å². The fraction of sp³-hybridized carbons (Fsp3) is 0.300. The number of carbonyl (C=O) groups excluding carboxylic acids is 2. The maximum absolute atomic E-state index is 12.5. The van der Waals surface area contributed by atoms with Gasteiger partial charge in [-0.1, -0.05) is 60.1 Å². The van der Waals surface area contributed by atoms with Crippen LogP contribution in [-0.2, 0) is 4.79 Å². The summed E-state index contributed by atoms with van der Waals surface area (Å²) in [6, 6.07) is 17.4. The van der Waals surface area contributed by atoms with Crippen molar-refractivity contribution in [2.45, 2.75) is 12.3 Å². The van der Waals surface area contributed by atoms with E-state index in [-0.39, 0.29) is 17.9 Å². The predicted octanol–water partition coefficient (Wildman–Crippen LogP) is 3.00. The molecule has 1 aliphatic rings. The van der Waals surface area contributed by atoms with Crippen LogP contribution in [0.3, 0.4) is 0 Å². The lowest BCUT2D eigenvalue weighted by molar-refractivity contribution is -0.121. The van der Waals surface area contributed by atoms with Crippen LogP contribution in [0.5, 0.6) is 0 Å². The highest BCUT2D eigenvalue weighted by Crippen LogP contribution is 2.32. The largest absolute Gasteiger partial charge is 0.354 e. The zero-order valence-electron chi connectivity index (χ0n) is 14.5. The van der Waals surface area contributed by atoms with Gasteiger partial charge in [-0.05, 0) is 17.2 Å². The molecule has 0 unspecified atom stereocenters. The van der Waals surface area contributed by atoms with Gasteiger partial charge in [0, 0.05) is 43.5 Å². The van der Waals surface area contributed by atoms with Gasteiger partial charge in [-0.3, -0.25) is 4.79 Å². The van der Waals surface area contributed by atoms with Crippen molar-refractivity contribution < 1.29 is 9.59 Å². The summed E-state index contributed by atoms with van der Waals surface area (Å²) in [6.07, 6.45) is 0.305. The van der Waals surface area contributed by atoms with Crippen LogP contribution in [-0.4, -0.2) is 43.0 Å². The molecule has 0 radical (unpaired) electrons. The van der Waals surface area contributed by atoms with Crippen molar-refractivity contribution in [3.05, 3.63) is 70.7 Å². The van der Waals surface area contributed by atoms with E-state index in [9.17, 15) is 9.59 Å². The number of benzene rings is 2. The Morgan fingerprint density at radius 3 is 2.58 bits per heavy atom. The van der Waals surface area contributed by atoms with Gasteiger partial charge >= 0.3 is 6.03 Å². The number of hydrogen-bond donors (Lipinski definition) is 2. The molecule has 6 heteroatoms. The summed E-state index contributed by atoms with van der Waals surface area (Å²) in [5.41, 5.74) is 1.99. The average Bonchev–Trinajstić information content (AvgIpc) is 3.06. The van der Waals surface area contributed by atoms with Gasteiger partial charge in [0.15, 0.2) is 0 Å². The number of rotatable bonds is 7. The molecule has 3 amide bonds. The Bertz CT molecular complexity index is 767. The minimum atomic E-state index is -0.111. The van der Waals surface area contributed by atoms with Gasteiger partial charge in [0.2, 0.25) is 5.91 Å². The number of urea groups is 1. The van der Waals surface area contributed by atoms with E-state index in [0.717, 1.165) is 11.1 Å². The Morgan fingerprint density at radius 2 is 1.88 bits per heavy atom. The molecule has 0 aromatic heterocycles. The lowest BCUT2D eigenvalue weighted by Gasteiger charge is -2.20. The lowest BCUT2D eigenvalue weighted by atomic mass is 9.88. The first kappa shape index (κ1) is 18.3. The first-order chi connectivity index (χ1) is 12.6. The summed E-state index contributed by atoms with van der Waals surface area (Å²) in [7, 11) is 0. The Morgan fingerprint density at radius 1 is 1.15 bits per heavy atom. The van der Waals surface area contributed by atoms with Gasteiger partial charge in [0.25, 0.3) is 0 Å². The van der Waals surface area contributed by atoms with Crippen LogP contribution >= 0.6 is 11.6 Å². The first-order valence-corrected chi connectivity index (χ1v) is 9.12.